The van der Waals surface area contributed by atoms with Gasteiger partial charge in [0.2, 0.25) is 0 Å². The van der Waals surface area contributed by atoms with Crippen LogP contribution in [0.3, 0.4) is 0 Å². The maximum Gasteiger partial charge on any atom is 0.434 e. The summed E-state index contributed by atoms with van der Waals surface area (Å²) in [6.07, 6.45) is -3.78. The highest BCUT2D eigenvalue weighted by Crippen LogP contribution is 2.34. The molecule has 2 heterocycles. The number of halogens is 4. The molecule has 3 aromatic rings. The number of aromatic nitrogens is 2. The third-order valence-corrected chi connectivity index (χ3v) is 5.58. The second kappa shape index (κ2) is 8.74. The molecule has 1 aliphatic heterocycles. The Kier molecular flexibility index (Phi) is 6.01. The van der Waals surface area contributed by atoms with E-state index in [2.05, 4.69) is 10.00 Å². The zero-order chi connectivity index (χ0) is 22.9. The van der Waals surface area contributed by atoms with Crippen LogP contribution in [0.15, 0.2) is 54.7 Å². The summed E-state index contributed by atoms with van der Waals surface area (Å²) in [5.74, 6) is 0.0215. The Labute approximate surface area is 187 Å². The summed E-state index contributed by atoms with van der Waals surface area (Å²) in [6.45, 7) is 1.57. The topological polar surface area (TPSA) is 50.6 Å². The van der Waals surface area contributed by atoms with E-state index in [9.17, 15) is 18.0 Å². The summed E-state index contributed by atoms with van der Waals surface area (Å²) in [4.78, 5) is 16.5. The van der Waals surface area contributed by atoms with E-state index in [0.29, 0.717) is 37.0 Å². The van der Waals surface area contributed by atoms with Crippen LogP contribution in [0.1, 0.15) is 16.1 Å². The van der Waals surface area contributed by atoms with Crippen molar-refractivity contribution in [2.75, 3.05) is 38.2 Å². The lowest BCUT2D eigenvalue weighted by atomic mass is 10.1. The van der Waals surface area contributed by atoms with E-state index < -0.39 is 23.3 Å². The molecule has 1 aromatic heterocycles. The molecule has 0 radical (unpaired) electrons. The second-order valence-corrected chi connectivity index (χ2v) is 7.71. The molecule has 6 nitrogen and oxygen atoms in total. The first kappa shape index (κ1) is 22.0. The minimum atomic E-state index is -4.76. The van der Waals surface area contributed by atoms with Crippen molar-refractivity contribution in [1.29, 1.82) is 0 Å². The number of hydrogen-bond donors (Lipinski definition) is 0. The van der Waals surface area contributed by atoms with E-state index in [4.69, 9.17) is 16.3 Å². The van der Waals surface area contributed by atoms with Gasteiger partial charge in [0.1, 0.15) is 5.75 Å². The number of alkyl halides is 3. The van der Waals surface area contributed by atoms with E-state index >= 15 is 0 Å². The number of methoxy groups -OCH3 is 1. The number of carbonyl (C=O) groups excluding carboxylic acids is 1. The van der Waals surface area contributed by atoms with Gasteiger partial charge in [-0.15, -0.1) is 0 Å². The summed E-state index contributed by atoms with van der Waals surface area (Å²) >= 11 is 5.84. The monoisotopic (exact) mass is 464 g/mol. The fraction of sp³-hybridized carbons (Fsp3) is 0.273. The highest BCUT2D eigenvalue weighted by molar-refractivity contribution is 6.30. The van der Waals surface area contributed by atoms with Crippen LogP contribution in [0.4, 0.5) is 18.9 Å². The lowest BCUT2D eigenvalue weighted by Crippen LogP contribution is -2.49. The number of nitrogens with zero attached hydrogens (tertiary/aromatic N) is 4. The highest BCUT2D eigenvalue weighted by atomic mass is 35.5. The zero-order valence-electron chi connectivity index (χ0n) is 17.1. The van der Waals surface area contributed by atoms with E-state index in [-0.39, 0.29) is 5.69 Å². The molecule has 1 fully saturated rings. The van der Waals surface area contributed by atoms with Gasteiger partial charge in [0.05, 0.1) is 24.6 Å². The van der Waals surface area contributed by atoms with Crippen molar-refractivity contribution < 1.29 is 22.7 Å². The quantitative estimate of drug-likeness (QED) is 0.570. The summed E-state index contributed by atoms with van der Waals surface area (Å²) in [6, 6.07) is 13.3. The number of ether oxygens (including phenoxy) is 1. The number of amides is 1. The molecule has 0 aliphatic carbocycles. The lowest BCUT2D eigenvalue weighted by Gasteiger charge is -2.36. The largest absolute Gasteiger partial charge is 0.497 e. The molecule has 1 saturated heterocycles. The normalized spacial score (nSPS) is 14.5. The Morgan fingerprint density at radius 1 is 1.03 bits per heavy atom. The summed E-state index contributed by atoms with van der Waals surface area (Å²) in [7, 11) is 1.58. The van der Waals surface area contributed by atoms with Crippen molar-refractivity contribution in [2.45, 2.75) is 6.18 Å². The van der Waals surface area contributed by atoms with Gasteiger partial charge in [-0.3, -0.25) is 4.79 Å². The molecule has 1 amide bonds. The molecule has 0 unspecified atom stereocenters. The molecular formula is C22H20ClF3N4O2. The average molecular weight is 465 g/mol. The van der Waals surface area contributed by atoms with Crippen molar-refractivity contribution >= 4 is 23.2 Å². The first-order valence-corrected chi connectivity index (χ1v) is 10.2. The SMILES string of the molecule is COc1cccc(N2CCN(C(=O)c3cnn(-c4ccc(Cl)cc4)c3C(F)(F)F)CC2)c1. The van der Waals surface area contributed by atoms with Crippen molar-refractivity contribution in [2.24, 2.45) is 0 Å². The molecule has 32 heavy (non-hydrogen) atoms. The minimum Gasteiger partial charge on any atom is -0.497 e. The smallest absolute Gasteiger partial charge is 0.434 e. The summed E-state index contributed by atoms with van der Waals surface area (Å²) in [5, 5.41) is 4.25. The number of anilines is 1. The van der Waals surface area contributed by atoms with E-state index in [1.807, 2.05) is 24.3 Å². The number of carbonyl (C=O) groups is 1. The van der Waals surface area contributed by atoms with Gasteiger partial charge in [-0.1, -0.05) is 17.7 Å². The zero-order valence-corrected chi connectivity index (χ0v) is 17.9. The number of hydrogen-bond acceptors (Lipinski definition) is 4. The fourth-order valence-electron chi connectivity index (χ4n) is 3.70. The first-order valence-electron chi connectivity index (χ1n) is 9.87. The van der Waals surface area contributed by atoms with Crippen LogP contribution in [0.5, 0.6) is 5.75 Å². The van der Waals surface area contributed by atoms with Crippen LogP contribution >= 0.6 is 11.6 Å². The van der Waals surface area contributed by atoms with Crippen LogP contribution < -0.4 is 9.64 Å². The highest BCUT2D eigenvalue weighted by Gasteiger charge is 2.41. The molecule has 0 saturated carbocycles. The third-order valence-electron chi connectivity index (χ3n) is 5.32. The molecular weight excluding hydrogens is 445 g/mol. The Balaban J connectivity index is 1.55. The molecule has 0 atom stereocenters. The number of benzene rings is 2. The van der Waals surface area contributed by atoms with Gasteiger partial charge in [-0.25, -0.2) is 4.68 Å². The van der Waals surface area contributed by atoms with Gasteiger partial charge < -0.3 is 14.5 Å². The third kappa shape index (κ3) is 4.38. The molecule has 0 N–H and O–H groups in total. The van der Waals surface area contributed by atoms with Crippen molar-refractivity contribution in [3.05, 3.63) is 71.0 Å². The van der Waals surface area contributed by atoms with Gasteiger partial charge in [-0.2, -0.15) is 18.3 Å². The summed E-state index contributed by atoms with van der Waals surface area (Å²) < 4.78 is 47.7. The van der Waals surface area contributed by atoms with Gasteiger partial charge in [0, 0.05) is 43.0 Å². The Bertz CT molecular complexity index is 1110. The van der Waals surface area contributed by atoms with Gasteiger partial charge in [0.15, 0.2) is 5.69 Å². The van der Waals surface area contributed by atoms with Crippen molar-refractivity contribution in [3.63, 3.8) is 0 Å². The lowest BCUT2D eigenvalue weighted by molar-refractivity contribution is -0.143. The molecule has 2 aromatic carbocycles. The van der Waals surface area contributed by atoms with Crippen molar-refractivity contribution in [1.82, 2.24) is 14.7 Å². The molecule has 1 aliphatic rings. The van der Waals surface area contributed by atoms with E-state index in [1.165, 1.54) is 29.2 Å². The van der Waals surface area contributed by atoms with E-state index in [0.717, 1.165) is 16.6 Å². The predicted octanol–water partition coefficient (Wildman–Crippen LogP) is 4.52. The second-order valence-electron chi connectivity index (χ2n) is 7.27. The minimum absolute atomic E-state index is 0.170. The molecule has 168 valence electrons. The van der Waals surface area contributed by atoms with Crippen LogP contribution in [0, 0.1) is 0 Å². The van der Waals surface area contributed by atoms with Gasteiger partial charge in [0.25, 0.3) is 5.91 Å². The van der Waals surface area contributed by atoms with Gasteiger partial charge >= 0.3 is 6.18 Å². The predicted molar refractivity (Wildman–Crippen MR) is 115 cm³/mol. The van der Waals surface area contributed by atoms with Crippen LogP contribution in [-0.2, 0) is 6.18 Å². The maximum atomic E-state index is 13.9. The standard InChI is InChI=1S/C22H20ClF3N4O2/c1-32-18-4-2-3-17(13-18)28-9-11-29(12-10-28)21(31)19-14-27-30(20(19)22(24,25)26)16-7-5-15(23)6-8-16/h2-8,13-14H,9-12H2,1H3. The van der Waals surface area contributed by atoms with E-state index in [1.54, 1.807) is 7.11 Å². The maximum absolute atomic E-state index is 13.9. The Hall–Kier alpha value is -3.20. The molecule has 10 heteroatoms. The fourth-order valence-corrected chi connectivity index (χ4v) is 3.83. The van der Waals surface area contributed by atoms with Gasteiger partial charge in [-0.05, 0) is 36.4 Å². The number of rotatable bonds is 4. The molecule has 4 rings (SSSR count). The first-order chi connectivity index (χ1) is 15.3. The molecule has 0 bridgehead atoms. The van der Waals surface area contributed by atoms with Crippen LogP contribution in [-0.4, -0.2) is 53.9 Å². The van der Waals surface area contributed by atoms with Crippen LogP contribution in [0.25, 0.3) is 5.69 Å². The average Bonchev–Trinajstić information content (AvgIpc) is 3.25. The summed E-state index contributed by atoms with van der Waals surface area (Å²) in [5.41, 5.74) is -0.464. The number of piperazine rings is 1. The molecule has 0 spiro atoms. The van der Waals surface area contributed by atoms with Crippen LogP contribution in [0.2, 0.25) is 5.02 Å². The Morgan fingerprint density at radius 2 is 1.72 bits per heavy atom. The van der Waals surface area contributed by atoms with Crippen molar-refractivity contribution in [3.8, 4) is 11.4 Å². The Morgan fingerprint density at radius 3 is 2.34 bits per heavy atom.